The molecule has 0 saturated carbocycles. The predicted octanol–water partition coefficient (Wildman–Crippen LogP) is 5.17. The maximum atomic E-state index is 11.5. The Bertz CT molecular complexity index is 1110. The van der Waals surface area contributed by atoms with Gasteiger partial charge in [0.1, 0.15) is 35.8 Å². The molecule has 0 bridgehead atoms. The van der Waals surface area contributed by atoms with Crippen molar-refractivity contribution in [1.29, 1.82) is 0 Å². The first-order valence-corrected chi connectivity index (χ1v) is 11.5. The number of para-hydroxylation sites is 4. The smallest absolute Gasteiger partial charge is 0.322 e. The number of hydrogen-bond donors (Lipinski definition) is 0. The van der Waals surface area contributed by atoms with Crippen molar-refractivity contribution < 1.29 is 59.2 Å². The quantitative estimate of drug-likeness (QED) is 0.140. The molecule has 0 fully saturated rings. The van der Waals surface area contributed by atoms with Gasteiger partial charge in [0.05, 0.1) is 0 Å². The van der Waals surface area contributed by atoms with Gasteiger partial charge in [-0.15, -0.1) is 0 Å². The van der Waals surface area contributed by atoms with Gasteiger partial charge in [0.25, 0.3) is 0 Å². The fourth-order valence-electron chi connectivity index (χ4n) is 2.86. The zero-order valence-corrected chi connectivity index (χ0v) is 22.8. The maximum absolute atomic E-state index is 11.5. The van der Waals surface area contributed by atoms with E-state index in [1.165, 1.54) is 0 Å². The van der Waals surface area contributed by atoms with Crippen molar-refractivity contribution >= 4 is 23.9 Å². The van der Waals surface area contributed by atoms with E-state index in [-0.39, 0.29) is 21.1 Å². The van der Waals surface area contributed by atoms with Gasteiger partial charge in [-0.1, -0.05) is 72.8 Å². The molecule has 0 saturated heterocycles. The van der Waals surface area contributed by atoms with Crippen LogP contribution in [-0.4, -0.2) is 23.9 Å². The van der Waals surface area contributed by atoms with Crippen LogP contribution in [0.2, 0.25) is 0 Å². The standard InChI is InChI=1S/2C15H12O4.Pt/c2*16-14(18-12-7-3-1-4-8-12)11-15(17)19-13-9-5-2-6-10-13;/h2*1-10H,11H2;. The van der Waals surface area contributed by atoms with Crippen LogP contribution in [0.5, 0.6) is 23.0 Å². The Labute approximate surface area is 239 Å². The minimum absolute atomic E-state index is 0. The van der Waals surface area contributed by atoms with E-state index >= 15 is 0 Å². The molecule has 0 heterocycles. The van der Waals surface area contributed by atoms with Crippen molar-refractivity contribution in [1.82, 2.24) is 0 Å². The van der Waals surface area contributed by atoms with E-state index in [0.717, 1.165) is 0 Å². The summed E-state index contributed by atoms with van der Waals surface area (Å²) in [6.07, 6.45) is -0.854. The summed E-state index contributed by atoms with van der Waals surface area (Å²) in [7, 11) is 0. The molecule has 9 heteroatoms. The molecule has 0 amide bonds. The first-order chi connectivity index (χ1) is 18.5. The monoisotopic (exact) mass is 707 g/mol. The van der Waals surface area contributed by atoms with Gasteiger partial charge in [-0.05, 0) is 48.5 Å². The fourth-order valence-corrected chi connectivity index (χ4v) is 2.86. The van der Waals surface area contributed by atoms with E-state index in [2.05, 4.69) is 0 Å². The van der Waals surface area contributed by atoms with Gasteiger partial charge in [-0.25, -0.2) is 0 Å². The Morgan fingerprint density at radius 3 is 0.718 bits per heavy atom. The Hall–Kier alpha value is -4.55. The third kappa shape index (κ3) is 12.5. The SMILES string of the molecule is O=C(CC(=O)Oc1ccccc1)Oc1ccccc1.O=C(CC(=O)Oc1ccccc1)Oc1ccccc1.[Pt]. The summed E-state index contributed by atoms with van der Waals surface area (Å²) in [6.45, 7) is 0. The third-order valence-corrected chi connectivity index (χ3v) is 4.48. The summed E-state index contributed by atoms with van der Waals surface area (Å²) in [4.78, 5) is 46.0. The van der Waals surface area contributed by atoms with Crippen molar-refractivity contribution in [2.24, 2.45) is 0 Å². The molecule has 0 radical (unpaired) electrons. The molecule has 202 valence electrons. The van der Waals surface area contributed by atoms with Crippen molar-refractivity contribution in [3.63, 3.8) is 0 Å². The molecule has 39 heavy (non-hydrogen) atoms. The number of rotatable bonds is 8. The van der Waals surface area contributed by atoms with Crippen LogP contribution in [0.1, 0.15) is 12.8 Å². The number of carbonyl (C=O) groups excluding carboxylic acids is 4. The molecule has 0 atom stereocenters. The zero-order chi connectivity index (χ0) is 27.0. The molecule has 0 aromatic heterocycles. The number of carbonyl (C=O) groups is 4. The van der Waals surface area contributed by atoms with Crippen molar-refractivity contribution in [3.8, 4) is 23.0 Å². The number of esters is 4. The van der Waals surface area contributed by atoms with Crippen LogP contribution in [0.4, 0.5) is 0 Å². The van der Waals surface area contributed by atoms with Crippen LogP contribution in [0.3, 0.4) is 0 Å². The summed E-state index contributed by atoms with van der Waals surface area (Å²) in [5, 5.41) is 0. The molecule has 0 N–H and O–H groups in total. The summed E-state index contributed by atoms with van der Waals surface area (Å²) in [5.41, 5.74) is 0. The zero-order valence-electron chi connectivity index (χ0n) is 20.5. The fraction of sp³-hybridized carbons (Fsp3) is 0.0667. The molecule has 0 spiro atoms. The molecule has 0 aliphatic carbocycles. The molecule has 0 aliphatic heterocycles. The summed E-state index contributed by atoms with van der Waals surface area (Å²) in [5.74, 6) is -0.974. The minimum Gasteiger partial charge on any atom is -0.426 e. The largest absolute Gasteiger partial charge is 0.426 e. The van der Waals surface area contributed by atoms with Gasteiger partial charge < -0.3 is 18.9 Å². The number of hydrogen-bond acceptors (Lipinski definition) is 8. The average molecular weight is 708 g/mol. The van der Waals surface area contributed by atoms with Gasteiger partial charge >= 0.3 is 23.9 Å². The normalized spacial score (nSPS) is 9.44. The van der Waals surface area contributed by atoms with Crippen molar-refractivity contribution in [3.05, 3.63) is 121 Å². The van der Waals surface area contributed by atoms with Crippen LogP contribution in [0.25, 0.3) is 0 Å². The summed E-state index contributed by atoms with van der Waals surface area (Å²) < 4.78 is 19.9. The average Bonchev–Trinajstić information content (AvgIpc) is 2.91. The molecule has 4 aromatic carbocycles. The molecular formula is C30H24O8Pt. The van der Waals surface area contributed by atoms with Crippen molar-refractivity contribution in [2.75, 3.05) is 0 Å². The van der Waals surface area contributed by atoms with Gasteiger partial charge in [0.2, 0.25) is 0 Å². The summed E-state index contributed by atoms with van der Waals surface area (Å²) in [6, 6.07) is 34.3. The minimum atomic E-state index is -0.646. The van der Waals surface area contributed by atoms with Crippen LogP contribution < -0.4 is 18.9 Å². The van der Waals surface area contributed by atoms with Gasteiger partial charge in [0.15, 0.2) is 0 Å². The first kappa shape index (κ1) is 30.7. The molecule has 4 aromatic rings. The first-order valence-electron chi connectivity index (χ1n) is 11.5. The van der Waals surface area contributed by atoms with Crippen LogP contribution in [0.15, 0.2) is 121 Å². The third-order valence-electron chi connectivity index (χ3n) is 4.48. The topological polar surface area (TPSA) is 105 Å². The van der Waals surface area contributed by atoms with Crippen molar-refractivity contribution in [2.45, 2.75) is 12.8 Å². The molecular weight excluding hydrogens is 683 g/mol. The van der Waals surface area contributed by atoms with Gasteiger partial charge in [-0.2, -0.15) is 0 Å². The van der Waals surface area contributed by atoms with Crippen LogP contribution in [-0.2, 0) is 40.2 Å². The molecule has 4 rings (SSSR count). The van der Waals surface area contributed by atoms with E-state index in [0.29, 0.717) is 23.0 Å². The second-order valence-electron chi connectivity index (χ2n) is 7.50. The van der Waals surface area contributed by atoms with Crippen LogP contribution in [0, 0.1) is 0 Å². The Morgan fingerprint density at radius 1 is 0.359 bits per heavy atom. The second-order valence-corrected chi connectivity index (χ2v) is 7.50. The Morgan fingerprint density at radius 2 is 0.538 bits per heavy atom. The maximum Gasteiger partial charge on any atom is 0.322 e. The van der Waals surface area contributed by atoms with E-state index in [4.69, 9.17) is 18.9 Å². The molecule has 0 unspecified atom stereocenters. The van der Waals surface area contributed by atoms with E-state index in [9.17, 15) is 19.2 Å². The van der Waals surface area contributed by atoms with Gasteiger partial charge in [0, 0.05) is 21.1 Å². The van der Waals surface area contributed by atoms with Crippen LogP contribution >= 0.6 is 0 Å². The van der Waals surface area contributed by atoms with E-state index in [1.807, 2.05) is 0 Å². The molecule has 0 aliphatic rings. The Balaban J connectivity index is 0.000000267. The second kappa shape index (κ2) is 17.0. The predicted molar refractivity (Wildman–Crippen MR) is 138 cm³/mol. The number of benzene rings is 4. The molecule has 8 nitrogen and oxygen atoms in total. The van der Waals surface area contributed by atoms with E-state index < -0.39 is 36.7 Å². The van der Waals surface area contributed by atoms with Gasteiger partial charge in [-0.3, -0.25) is 19.2 Å². The summed E-state index contributed by atoms with van der Waals surface area (Å²) >= 11 is 0. The Kier molecular flexibility index (Phi) is 13.4. The van der Waals surface area contributed by atoms with E-state index in [1.54, 1.807) is 121 Å². The number of ether oxygens (including phenoxy) is 4.